The molecule has 1 fully saturated rings. The number of halogens is 1. The SMILES string of the molecule is Cc1ccsc1CN(CC(C)C)C(=O)C1CCNC1.Cl. The number of carbonyl (C=O) groups is 1. The highest BCUT2D eigenvalue weighted by Gasteiger charge is 2.27. The van der Waals surface area contributed by atoms with E-state index in [4.69, 9.17) is 0 Å². The summed E-state index contributed by atoms with van der Waals surface area (Å²) < 4.78 is 0. The molecule has 1 unspecified atom stereocenters. The number of aryl methyl sites for hydroxylation is 1. The molecular formula is C15H25ClN2OS. The van der Waals surface area contributed by atoms with Gasteiger partial charge in [-0.3, -0.25) is 4.79 Å². The third kappa shape index (κ3) is 4.47. The summed E-state index contributed by atoms with van der Waals surface area (Å²) in [6.07, 6.45) is 0.983. The second kappa shape index (κ2) is 8.01. The van der Waals surface area contributed by atoms with Crippen LogP contribution >= 0.6 is 23.7 Å². The van der Waals surface area contributed by atoms with Gasteiger partial charge in [-0.15, -0.1) is 23.7 Å². The van der Waals surface area contributed by atoms with Crippen LogP contribution in [0.15, 0.2) is 11.4 Å². The van der Waals surface area contributed by atoms with Crippen molar-refractivity contribution in [3.05, 3.63) is 21.9 Å². The zero-order valence-corrected chi connectivity index (χ0v) is 14.1. The van der Waals surface area contributed by atoms with Gasteiger partial charge in [0.15, 0.2) is 0 Å². The second-order valence-electron chi connectivity index (χ2n) is 5.83. The quantitative estimate of drug-likeness (QED) is 0.905. The summed E-state index contributed by atoms with van der Waals surface area (Å²) in [6, 6.07) is 2.13. The molecule has 0 aliphatic carbocycles. The van der Waals surface area contributed by atoms with Gasteiger partial charge in [0.25, 0.3) is 0 Å². The minimum Gasteiger partial charge on any atom is -0.337 e. The van der Waals surface area contributed by atoms with Gasteiger partial charge in [0.05, 0.1) is 12.5 Å². The van der Waals surface area contributed by atoms with E-state index in [9.17, 15) is 4.79 Å². The van der Waals surface area contributed by atoms with Gasteiger partial charge in [0.2, 0.25) is 5.91 Å². The molecule has 5 heteroatoms. The van der Waals surface area contributed by atoms with Crippen LogP contribution in [0.5, 0.6) is 0 Å². The molecule has 1 aromatic heterocycles. The predicted octanol–water partition coefficient (Wildman–Crippen LogP) is 3.07. The van der Waals surface area contributed by atoms with Crippen molar-refractivity contribution in [1.29, 1.82) is 0 Å². The van der Waals surface area contributed by atoms with Crippen molar-refractivity contribution in [2.45, 2.75) is 33.7 Å². The van der Waals surface area contributed by atoms with Crippen molar-refractivity contribution in [3.8, 4) is 0 Å². The van der Waals surface area contributed by atoms with Gasteiger partial charge in [-0.2, -0.15) is 0 Å². The molecule has 1 N–H and O–H groups in total. The summed E-state index contributed by atoms with van der Waals surface area (Å²) in [6.45, 7) is 9.92. The lowest BCUT2D eigenvalue weighted by molar-refractivity contribution is -0.136. The Morgan fingerprint density at radius 2 is 2.30 bits per heavy atom. The molecule has 1 aliphatic rings. The summed E-state index contributed by atoms with van der Waals surface area (Å²) in [5.74, 6) is 1.02. The topological polar surface area (TPSA) is 32.3 Å². The Kier molecular flexibility index (Phi) is 7.00. The summed E-state index contributed by atoms with van der Waals surface area (Å²) in [5, 5.41) is 5.40. The molecule has 0 aromatic carbocycles. The first-order valence-electron chi connectivity index (χ1n) is 7.10. The fraction of sp³-hybridized carbons (Fsp3) is 0.667. The van der Waals surface area contributed by atoms with Gasteiger partial charge in [0, 0.05) is 18.0 Å². The Labute approximate surface area is 132 Å². The molecule has 2 heterocycles. The minimum absolute atomic E-state index is 0. The van der Waals surface area contributed by atoms with E-state index >= 15 is 0 Å². The molecular weight excluding hydrogens is 292 g/mol. The van der Waals surface area contributed by atoms with Gasteiger partial charge < -0.3 is 10.2 Å². The molecule has 0 radical (unpaired) electrons. The van der Waals surface area contributed by atoms with Crippen LogP contribution in [0.25, 0.3) is 0 Å². The van der Waals surface area contributed by atoms with E-state index in [0.717, 1.165) is 32.6 Å². The third-order valence-corrected chi connectivity index (χ3v) is 4.62. The summed E-state index contributed by atoms with van der Waals surface area (Å²) in [4.78, 5) is 16.0. The smallest absolute Gasteiger partial charge is 0.227 e. The Balaban J connectivity index is 0.00000200. The van der Waals surface area contributed by atoms with Crippen LogP contribution in [0.3, 0.4) is 0 Å². The molecule has 1 aromatic rings. The Hall–Kier alpha value is -0.580. The number of nitrogens with one attached hydrogen (secondary N) is 1. The van der Waals surface area contributed by atoms with Gasteiger partial charge >= 0.3 is 0 Å². The molecule has 1 atom stereocenters. The highest BCUT2D eigenvalue weighted by atomic mass is 35.5. The standard InChI is InChI=1S/C15H24N2OS.ClH/c1-11(2)9-17(10-14-12(3)5-7-19-14)15(18)13-4-6-16-8-13;/h5,7,11,13,16H,4,6,8-10H2,1-3H3;1H. The first-order valence-corrected chi connectivity index (χ1v) is 7.98. The van der Waals surface area contributed by atoms with E-state index in [-0.39, 0.29) is 18.3 Å². The first-order chi connectivity index (χ1) is 9.08. The maximum atomic E-state index is 12.6. The normalized spacial score (nSPS) is 18.1. The lowest BCUT2D eigenvalue weighted by atomic mass is 10.1. The number of carbonyl (C=O) groups excluding carboxylic acids is 1. The molecule has 3 nitrogen and oxygen atoms in total. The Morgan fingerprint density at radius 3 is 2.80 bits per heavy atom. The van der Waals surface area contributed by atoms with Crippen LogP contribution in [-0.2, 0) is 11.3 Å². The fourth-order valence-electron chi connectivity index (χ4n) is 2.54. The van der Waals surface area contributed by atoms with E-state index in [2.05, 4.69) is 42.4 Å². The first kappa shape index (κ1) is 17.5. The molecule has 114 valence electrons. The molecule has 2 rings (SSSR count). The van der Waals surface area contributed by atoms with Gasteiger partial charge in [0.1, 0.15) is 0 Å². The fourth-order valence-corrected chi connectivity index (χ4v) is 3.46. The molecule has 20 heavy (non-hydrogen) atoms. The predicted molar refractivity (Wildman–Crippen MR) is 87.5 cm³/mol. The van der Waals surface area contributed by atoms with Gasteiger partial charge in [-0.25, -0.2) is 0 Å². The van der Waals surface area contributed by atoms with E-state index in [1.165, 1.54) is 10.4 Å². The lowest BCUT2D eigenvalue weighted by Crippen LogP contribution is -2.38. The lowest BCUT2D eigenvalue weighted by Gasteiger charge is -2.27. The van der Waals surface area contributed by atoms with Crippen molar-refractivity contribution in [2.75, 3.05) is 19.6 Å². The van der Waals surface area contributed by atoms with E-state index in [1.54, 1.807) is 11.3 Å². The van der Waals surface area contributed by atoms with E-state index < -0.39 is 0 Å². The van der Waals surface area contributed by atoms with Gasteiger partial charge in [-0.1, -0.05) is 13.8 Å². The van der Waals surface area contributed by atoms with Crippen LogP contribution < -0.4 is 5.32 Å². The largest absolute Gasteiger partial charge is 0.337 e. The highest BCUT2D eigenvalue weighted by molar-refractivity contribution is 7.10. The van der Waals surface area contributed by atoms with Crippen molar-refractivity contribution in [2.24, 2.45) is 11.8 Å². The number of hydrogen-bond acceptors (Lipinski definition) is 3. The van der Waals surface area contributed by atoms with Crippen molar-refractivity contribution in [3.63, 3.8) is 0 Å². The van der Waals surface area contributed by atoms with Crippen LogP contribution in [0.1, 0.15) is 30.7 Å². The Morgan fingerprint density at radius 1 is 1.55 bits per heavy atom. The average Bonchev–Trinajstić information content (AvgIpc) is 2.99. The minimum atomic E-state index is 0. The number of thiophene rings is 1. The third-order valence-electron chi connectivity index (χ3n) is 3.61. The summed E-state index contributed by atoms with van der Waals surface area (Å²) >= 11 is 1.76. The van der Waals surface area contributed by atoms with Crippen LogP contribution in [0.2, 0.25) is 0 Å². The van der Waals surface area contributed by atoms with Crippen LogP contribution in [0, 0.1) is 18.8 Å². The maximum absolute atomic E-state index is 12.6. The van der Waals surface area contributed by atoms with E-state index in [0.29, 0.717) is 11.8 Å². The molecule has 1 aliphatic heterocycles. The molecule has 1 amide bonds. The zero-order valence-electron chi connectivity index (χ0n) is 12.5. The van der Waals surface area contributed by atoms with E-state index in [1.807, 2.05) is 0 Å². The average molecular weight is 317 g/mol. The van der Waals surface area contributed by atoms with Crippen molar-refractivity contribution >= 4 is 29.7 Å². The number of nitrogens with zero attached hydrogens (tertiary/aromatic N) is 1. The monoisotopic (exact) mass is 316 g/mol. The van der Waals surface area contributed by atoms with Crippen LogP contribution in [-0.4, -0.2) is 30.4 Å². The number of amides is 1. The molecule has 0 saturated carbocycles. The molecule has 0 spiro atoms. The van der Waals surface area contributed by atoms with Crippen molar-refractivity contribution < 1.29 is 4.79 Å². The summed E-state index contributed by atoms with van der Waals surface area (Å²) in [5.41, 5.74) is 1.30. The second-order valence-corrected chi connectivity index (χ2v) is 6.83. The highest BCUT2D eigenvalue weighted by Crippen LogP contribution is 2.21. The Bertz CT molecular complexity index is 427. The molecule has 1 saturated heterocycles. The molecule has 0 bridgehead atoms. The van der Waals surface area contributed by atoms with Crippen LogP contribution in [0.4, 0.5) is 0 Å². The van der Waals surface area contributed by atoms with Crippen molar-refractivity contribution in [1.82, 2.24) is 10.2 Å². The zero-order chi connectivity index (χ0) is 13.8. The number of hydrogen-bond donors (Lipinski definition) is 1. The van der Waals surface area contributed by atoms with Gasteiger partial charge in [-0.05, 0) is 42.8 Å². The number of rotatable bonds is 5. The summed E-state index contributed by atoms with van der Waals surface area (Å²) in [7, 11) is 0. The maximum Gasteiger partial charge on any atom is 0.227 e.